The van der Waals surface area contributed by atoms with E-state index in [1.54, 1.807) is 48.7 Å². The number of hydrogen-bond acceptors (Lipinski definition) is 7. The van der Waals surface area contributed by atoms with Gasteiger partial charge >= 0.3 is 11.9 Å². The number of aromatic carboxylic acids is 2. The number of carboxylic acid groups (broad SMARTS) is 2. The van der Waals surface area contributed by atoms with Crippen LogP contribution in [0.4, 0.5) is 11.4 Å². The standard InChI is InChI=1S/C27H22N4O7S2/c1-40(36,37)30-18-5-7-19(8-6-18)31-24(23(29-27(31)39)20-4-2-3-11-28-20)22-10-9-21(38-22)15-12-16(25(32)33)14-17(13-15)26(34)35/h2-14,23-24,30H,1H3,(H,29,39)(H,32,33)(H,34,35)/t23-,24-/m0/s1. The maximum absolute atomic E-state index is 11.6. The first-order valence-electron chi connectivity index (χ1n) is 11.8. The van der Waals surface area contributed by atoms with Gasteiger partial charge in [-0.3, -0.25) is 9.71 Å². The van der Waals surface area contributed by atoms with Crippen LogP contribution in [0.1, 0.15) is 44.3 Å². The lowest BCUT2D eigenvalue weighted by Crippen LogP contribution is -2.29. The first kappa shape index (κ1) is 26.8. The van der Waals surface area contributed by atoms with Crippen molar-refractivity contribution < 1.29 is 32.6 Å². The van der Waals surface area contributed by atoms with Crippen LogP contribution in [-0.2, 0) is 10.0 Å². The topological polar surface area (TPSA) is 162 Å². The minimum atomic E-state index is -3.46. The molecule has 5 rings (SSSR count). The highest BCUT2D eigenvalue weighted by atomic mass is 32.2. The van der Waals surface area contributed by atoms with Crippen LogP contribution >= 0.6 is 12.2 Å². The van der Waals surface area contributed by atoms with Gasteiger partial charge in [-0.1, -0.05) is 6.07 Å². The summed E-state index contributed by atoms with van der Waals surface area (Å²) in [6, 6.07) is 18.3. The lowest BCUT2D eigenvalue weighted by molar-refractivity contribution is 0.0696. The summed E-state index contributed by atoms with van der Waals surface area (Å²) in [6.07, 6.45) is 2.72. The van der Waals surface area contributed by atoms with E-state index >= 15 is 0 Å². The molecule has 1 saturated heterocycles. The average Bonchev–Trinajstić information content (AvgIpc) is 3.53. The van der Waals surface area contributed by atoms with Crippen molar-refractivity contribution >= 4 is 50.7 Å². The smallest absolute Gasteiger partial charge is 0.335 e. The van der Waals surface area contributed by atoms with Crippen LogP contribution in [0.5, 0.6) is 0 Å². The molecule has 0 spiro atoms. The normalized spacial score (nSPS) is 16.9. The molecule has 4 N–H and O–H groups in total. The molecule has 0 radical (unpaired) electrons. The van der Waals surface area contributed by atoms with Gasteiger partial charge in [0.2, 0.25) is 10.0 Å². The van der Waals surface area contributed by atoms with Crippen molar-refractivity contribution in [1.29, 1.82) is 0 Å². The Bertz CT molecular complexity index is 1690. The summed E-state index contributed by atoms with van der Waals surface area (Å²) >= 11 is 5.69. The highest BCUT2D eigenvalue weighted by molar-refractivity contribution is 7.92. The monoisotopic (exact) mass is 578 g/mol. The number of thiocarbonyl (C=S) groups is 1. The van der Waals surface area contributed by atoms with E-state index in [0.29, 0.717) is 27.9 Å². The molecule has 0 saturated carbocycles. The maximum atomic E-state index is 11.6. The van der Waals surface area contributed by atoms with E-state index in [-0.39, 0.29) is 22.5 Å². The van der Waals surface area contributed by atoms with Gasteiger partial charge in [-0.2, -0.15) is 0 Å². The van der Waals surface area contributed by atoms with Crippen molar-refractivity contribution in [2.45, 2.75) is 12.1 Å². The van der Waals surface area contributed by atoms with Gasteiger partial charge in [-0.15, -0.1) is 0 Å². The molecular weight excluding hydrogens is 556 g/mol. The van der Waals surface area contributed by atoms with Gasteiger partial charge in [0.15, 0.2) is 5.11 Å². The van der Waals surface area contributed by atoms with Gasteiger partial charge in [-0.05, 0) is 78.9 Å². The number of carbonyl (C=O) groups is 2. The molecule has 1 fully saturated rings. The molecule has 2 aromatic carbocycles. The summed E-state index contributed by atoms with van der Waals surface area (Å²) in [5.41, 5.74) is 1.63. The van der Waals surface area contributed by atoms with E-state index < -0.39 is 34.0 Å². The maximum Gasteiger partial charge on any atom is 0.335 e. The van der Waals surface area contributed by atoms with Gasteiger partial charge in [0.05, 0.1) is 29.1 Å². The third-order valence-corrected chi connectivity index (χ3v) is 7.10. The fourth-order valence-corrected chi connectivity index (χ4v) is 5.42. The number of carboxylic acids is 2. The zero-order valence-electron chi connectivity index (χ0n) is 20.8. The second-order valence-corrected chi connectivity index (χ2v) is 11.2. The Balaban J connectivity index is 1.58. The quantitative estimate of drug-likeness (QED) is 0.221. The number of sulfonamides is 1. The van der Waals surface area contributed by atoms with Crippen LogP contribution in [0.15, 0.2) is 83.4 Å². The predicted molar refractivity (Wildman–Crippen MR) is 151 cm³/mol. The molecule has 0 amide bonds. The predicted octanol–water partition coefficient (Wildman–Crippen LogP) is 4.29. The molecule has 11 nitrogen and oxygen atoms in total. The molecule has 0 aliphatic carbocycles. The number of pyridine rings is 1. The highest BCUT2D eigenvalue weighted by Crippen LogP contribution is 2.43. The molecule has 2 aromatic heterocycles. The number of benzene rings is 2. The van der Waals surface area contributed by atoms with Crippen molar-refractivity contribution in [3.63, 3.8) is 0 Å². The number of anilines is 2. The van der Waals surface area contributed by atoms with Crippen molar-refractivity contribution in [3.8, 4) is 11.3 Å². The van der Waals surface area contributed by atoms with Crippen LogP contribution in [0, 0.1) is 0 Å². The summed E-state index contributed by atoms with van der Waals surface area (Å²) in [5, 5.41) is 22.6. The third kappa shape index (κ3) is 5.51. The summed E-state index contributed by atoms with van der Waals surface area (Å²) in [6.45, 7) is 0. The largest absolute Gasteiger partial charge is 0.478 e. The zero-order valence-corrected chi connectivity index (χ0v) is 22.4. The number of nitrogens with zero attached hydrogens (tertiary/aromatic N) is 2. The number of hydrogen-bond donors (Lipinski definition) is 4. The first-order chi connectivity index (χ1) is 19.0. The van der Waals surface area contributed by atoms with E-state index in [9.17, 15) is 28.2 Å². The average molecular weight is 579 g/mol. The molecule has 40 heavy (non-hydrogen) atoms. The van der Waals surface area contributed by atoms with Crippen LogP contribution in [-0.4, -0.2) is 46.9 Å². The van der Waals surface area contributed by atoms with E-state index in [2.05, 4.69) is 15.0 Å². The van der Waals surface area contributed by atoms with Crippen LogP contribution in [0.3, 0.4) is 0 Å². The number of aromatic nitrogens is 1. The summed E-state index contributed by atoms with van der Waals surface area (Å²) in [4.78, 5) is 29.5. The molecule has 13 heteroatoms. The molecular formula is C27H22N4O7S2. The fraction of sp³-hybridized carbons (Fsp3) is 0.111. The molecule has 4 aromatic rings. The van der Waals surface area contributed by atoms with Crippen LogP contribution < -0.4 is 14.9 Å². The Kier molecular flexibility index (Phi) is 7.00. The molecule has 1 aliphatic rings. The van der Waals surface area contributed by atoms with Gasteiger partial charge in [0.25, 0.3) is 0 Å². The van der Waals surface area contributed by atoms with E-state index in [1.807, 2.05) is 17.0 Å². The van der Waals surface area contributed by atoms with Crippen molar-refractivity contribution in [3.05, 3.63) is 102 Å². The Hall–Kier alpha value is -4.75. The lowest BCUT2D eigenvalue weighted by atomic mass is 10.0. The minimum absolute atomic E-state index is 0.188. The summed E-state index contributed by atoms with van der Waals surface area (Å²) in [5.74, 6) is -1.81. The Morgan fingerprint density at radius 1 is 1.00 bits per heavy atom. The minimum Gasteiger partial charge on any atom is -0.478 e. The van der Waals surface area contributed by atoms with Crippen LogP contribution in [0.2, 0.25) is 0 Å². The number of rotatable bonds is 8. The molecule has 1 aliphatic heterocycles. The summed E-state index contributed by atoms with van der Waals surface area (Å²) in [7, 11) is -3.46. The number of nitrogens with one attached hydrogen (secondary N) is 2. The van der Waals surface area contributed by atoms with Gasteiger partial charge < -0.3 is 24.8 Å². The van der Waals surface area contributed by atoms with E-state index in [1.165, 1.54) is 12.1 Å². The Labute approximate surface area is 234 Å². The number of furan rings is 1. The Morgan fingerprint density at radius 2 is 1.68 bits per heavy atom. The van der Waals surface area contributed by atoms with Crippen molar-refractivity contribution in [2.24, 2.45) is 0 Å². The van der Waals surface area contributed by atoms with E-state index in [0.717, 1.165) is 12.3 Å². The fourth-order valence-electron chi connectivity index (χ4n) is 4.51. The van der Waals surface area contributed by atoms with Gasteiger partial charge in [-0.25, -0.2) is 18.0 Å². The van der Waals surface area contributed by atoms with Crippen molar-refractivity contribution in [1.82, 2.24) is 10.3 Å². The molecule has 0 bridgehead atoms. The second kappa shape index (κ2) is 10.4. The highest BCUT2D eigenvalue weighted by Gasteiger charge is 2.42. The van der Waals surface area contributed by atoms with Crippen molar-refractivity contribution in [2.75, 3.05) is 15.9 Å². The Morgan fingerprint density at radius 3 is 2.25 bits per heavy atom. The van der Waals surface area contributed by atoms with Crippen LogP contribution in [0.25, 0.3) is 11.3 Å². The zero-order chi connectivity index (χ0) is 28.6. The molecule has 204 valence electrons. The van der Waals surface area contributed by atoms with E-state index in [4.69, 9.17) is 16.6 Å². The third-order valence-electron chi connectivity index (χ3n) is 6.18. The molecule has 3 heterocycles. The molecule has 2 atom stereocenters. The SMILES string of the molecule is CS(=O)(=O)Nc1ccc(N2C(=S)N[C@@H](c3ccccn3)[C@@H]2c2ccc(-c3cc(C(=O)O)cc(C(=O)O)c3)o2)cc1. The summed E-state index contributed by atoms with van der Waals surface area (Å²) < 4.78 is 31.9. The van der Waals surface area contributed by atoms with Gasteiger partial charge in [0, 0.05) is 23.1 Å². The molecule has 0 unspecified atom stereocenters. The first-order valence-corrected chi connectivity index (χ1v) is 14.1. The second-order valence-electron chi connectivity index (χ2n) is 9.03. The lowest BCUT2D eigenvalue weighted by Gasteiger charge is -2.26. The van der Waals surface area contributed by atoms with Gasteiger partial charge in [0.1, 0.15) is 17.6 Å².